The first-order valence-corrected chi connectivity index (χ1v) is 13.6. The molecule has 202 valence electrons. The third kappa shape index (κ3) is 5.91. The molecule has 2 aromatic rings. The average Bonchev–Trinajstić information content (AvgIpc) is 3.53. The lowest BCUT2D eigenvalue weighted by molar-refractivity contribution is -0.168. The molecule has 2 aliphatic heterocycles. The van der Waals surface area contributed by atoms with E-state index in [4.69, 9.17) is 9.47 Å². The van der Waals surface area contributed by atoms with Crippen molar-refractivity contribution in [3.8, 4) is 0 Å². The first kappa shape index (κ1) is 27.4. The molecule has 0 aromatic carbocycles. The summed E-state index contributed by atoms with van der Waals surface area (Å²) in [7, 11) is 1.68. The van der Waals surface area contributed by atoms with Crippen LogP contribution in [0.5, 0.6) is 0 Å². The van der Waals surface area contributed by atoms with Gasteiger partial charge in [0.1, 0.15) is 23.7 Å². The van der Waals surface area contributed by atoms with Gasteiger partial charge < -0.3 is 19.4 Å². The summed E-state index contributed by atoms with van der Waals surface area (Å²) in [5.74, 6) is -1.55. The Morgan fingerprint density at radius 3 is 2.84 bits per heavy atom. The maximum atomic E-state index is 13.1. The highest BCUT2D eigenvalue weighted by atomic mass is 32.2. The fourth-order valence-electron chi connectivity index (χ4n) is 3.82. The molecular formula is C22H25N7O7S2. The number of amides is 2. The second kappa shape index (κ2) is 12.3. The molecule has 4 heterocycles. The van der Waals surface area contributed by atoms with Gasteiger partial charge in [-0.25, -0.2) is 9.48 Å². The third-order valence-corrected chi connectivity index (χ3v) is 8.11. The van der Waals surface area contributed by atoms with E-state index in [1.807, 2.05) is 6.92 Å². The maximum Gasteiger partial charge on any atom is 0.357 e. The molecule has 16 heteroatoms. The van der Waals surface area contributed by atoms with E-state index in [0.717, 1.165) is 0 Å². The summed E-state index contributed by atoms with van der Waals surface area (Å²) in [6.45, 7) is 1.10. The minimum Gasteiger partial charge on any atom is -0.428 e. The van der Waals surface area contributed by atoms with Gasteiger partial charge in [-0.15, -0.1) is 16.9 Å². The zero-order chi connectivity index (χ0) is 27.2. The number of carbonyl (C=O) groups is 5. The Morgan fingerprint density at radius 2 is 2.13 bits per heavy atom. The number of aryl methyl sites for hydroxylation is 1. The number of ether oxygens (including phenoxy) is 2. The number of nitrogens with one attached hydrogen (secondary N) is 1. The van der Waals surface area contributed by atoms with Crippen LogP contribution in [0.25, 0.3) is 0 Å². The molecule has 0 aliphatic carbocycles. The van der Waals surface area contributed by atoms with Crippen molar-refractivity contribution in [3.63, 3.8) is 0 Å². The Bertz CT molecular complexity index is 1270. The molecule has 2 aliphatic rings. The van der Waals surface area contributed by atoms with Crippen LogP contribution in [0.3, 0.4) is 0 Å². The Kier molecular flexibility index (Phi) is 8.83. The largest absolute Gasteiger partial charge is 0.428 e. The number of hydrogen-bond donors (Lipinski definition) is 1. The molecule has 4 rings (SSSR count). The standard InChI is InChI=1S/C22H25N7O7S2/c1-3-5-16(32)35-12-36-21(34)18-13(11-38-22-24-25-26-27(22)2)10-37-20-17(19(33)29(18)20)23-15(31)8-28-7-4-6-14(28)9-30/h4,6-7,9,17,20H,3,5,8,10-12H2,1-2H3,(H,23,31). The van der Waals surface area contributed by atoms with Crippen LogP contribution >= 0.6 is 23.5 Å². The van der Waals surface area contributed by atoms with Crippen molar-refractivity contribution in [3.05, 3.63) is 35.3 Å². The summed E-state index contributed by atoms with van der Waals surface area (Å²) in [5, 5.41) is 14.0. The zero-order valence-corrected chi connectivity index (χ0v) is 22.2. The molecule has 0 saturated carbocycles. The van der Waals surface area contributed by atoms with Gasteiger partial charge in [0, 0.05) is 31.2 Å². The van der Waals surface area contributed by atoms with Crippen LogP contribution in [0, 0.1) is 0 Å². The molecular weight excluding hydrogens is 538 g/mol. The molecule has 2 unspecified atom stereocenters. The van der Waals surface area contributed by atoms with Crippen molar-refractivity contribution in [2.75, 3.05) is 18.3 Å². The lowest BCUT2D eigenvalue weighted by atomic mass is 10.0. The normalized spacial score (nSPS) is 18.5. The highest BCUT2D eigenvalue weighted by Gasteiger charge is 2.54. The molecule has 38 heavy (non-hydrogen) atoms. The molecule has 0 radical (unpaired) electrons. The van der Waals surface area contributed by atoms with Gasteiger partial charge >= 0.3 is 11.9 Å². The maximum absolute atomic E-state index is 13.1. The van der Waals surface area contributed by atoms with Gasteiger partial charge in [0.15, 0.2) is 6.29 Å². The molecule has 1 fully saturated rings. The highest BCUT2D eigenvalue weighted by molar-refractivity contribution is 8.01. The zero-order valence-electron chi connectivity index (χ0n) is 20.6. The van der Waals surface area contributed by atoms with Gasteiger partial charge in [-0.05, 0) is 34.6 Å². The summed E-state index contributed by atoms with van der Waals surface area (Å²) < 4.78 is 13.1. The summed E-state index contributed by atoms with van der Waals surface area (Å²) >= 11 is 2.68. The van der Waals surface area contributed by atoms with E-state index in [1.54, 1.807) is 25.4 Å². The fraction of sp³-hybridized carbons (Fsp3) is 0.455. The number of β-lactam (4-membered cyclic amide) rings is 1. The van der Waals surface area contributed by atoms with Gasteiger partial charge in [-0.3, -0.25) is 24.1 Å². The number of aldehydes is 1. The highest BCUT2D eigenvalue weighted by Crippen LogP contribution is 2.41. The van der Waals surface area contributed by atoms with Crippen LogP contribution in [-0.4, -0.2) is 89.4 Å². The molecule has 1 saturated heterocycles. The van der Waals surface area contributed by atoms with Crippen LogP contribution in [0.1, 0.15) is 30.3 Å². The van der Waals surface area contributed by atoms with E-state index >= 15 is 0 Å². The lowest BCUT2D eigenvalue weighted by Crippen LogP contribution is -2.70. The van der Waals surface area contributed by atoms with Gasteiger partial charge in [-0.1, -0.05) is 18.7 Å². The lowest BCUT2D eigenvalue weighted by Gasteiger charge is -2.49. The van der Waals surface area contributed by atoms with E-state index in [1.165, 1.54) is 37.7 Å². The number of thioether (sulfide) groups is 2. The van der Waals surface area contributed by atoms with Crippen LogP contribution in [-0.2, 0) is 42.2 Å². The number of hydrogen-bond acceptors (Lipinski definition) is 12. The fourth-order valence-corrected chi connectivity index (χ4v) is 6.16. The number of fused-ring (bicyclic) bond motifs is 1. The minimum atomic E-state index is -0.856. The Hall–Kier alpha value is -3.66. The number of esters is 2. The predicted molar refractivity (Wildman–Crippen MR) is 133 cm³/mol. The van der Waals surface area contributed by atoms with Crippen LogP contribution < -0.4 is 5.32 Å². The number of tetrazole rings is 1. The molecule has 2 aromatic heterocycles. The average molecular weight is 564 g/mol. The van der Waals surface area contributed by atoms with Gasteiger partial charge in [0.25, 0.3) is 5.91 Å². The topological polar surface area (TPSA) is 168 Å². The van der Waals surface area contributed by atoms with Gasteiger partial charge in [0.05, 0.1) is 5.69 Å². The van der Waals surface area contributed by atoms with Crippen LogP contribution in [0.2, 0.25) is 0 Å². The summed E-state index contributed by atoms with van der Waals surface area (Å²) in [4.78, 5) is 62.9. The predicted octanol–water partition coefficient (Wildman–Crippen LogP) is 0.114. The van der Waals surface area contributed by atoms with Crippen LogP contribution in [0.4, 0.5) is 0 Å². The third-order valence-electron chi connectivity index (χ3n) is 5.68. The molecule has 2 atom stereocenters. The van der Waals surface area contributed by atoms with E-state index in [9.17, 15) is 24.0 Å². The van der Waals surface area contributed by atoms with Gasteiger partial charge in [0.2, 0.25) is 17.9 Å². The second-order valence-electron chi connectivity index (χ2n) is 8.28. The van der Waals surface area contributed by atoms with Crippen molar-refractivity contribution < 1.29 is 33.4 Å². The van der Waals surface area contributed by atoms with Crippen LogP contribution in [0.15, 0.2) is 34.8 Å². The summed E-state index contributed by atoms with van der Waals surface area (Å²) in [5.41, 5.74) is 0.999. The monoisotopic (exact) mass is 563 g/mol. The van der Waals surface area contributed by atoms with Crippen molar-refractivity contribution in [2.24, 2.45) is 7.05 Å². The van der Waals surface area contributed by atoms with E-state index in [2.05, 4.69) is 20.8 Å². The molecule has 14 nitrogen and oxygen atoms in total. The van der Waals surface area contributed by atoms with E-state index in [-0.39, 0.29) is 18.7 Å². The summed E-state index contributed by atoms with van der Waals surface area (Å²) in [6.07, 6.45) is 3.01. The van der Waals surface area contributed by atoms with E-state index in [0.29, 0.717) is 40.6 Å². The molecule has 0 spiro atoms. The smallest absolute Gasteiger partial charge is 0.357 e. The van der Waals surface area contributed by atoms with Gasteiger partial charge in [-0.2, -0.15) is 0 Å². The molecule has 2 amide bonds. The van der Waals surface area contributed by atoms with Crippen molar-refractivity contribution in [1.82, 2.24) is 35.0 Å². The first-order valence-electron chi connectivity index (χ1n) is 11.6. The second-order valence-corrected chi connectivity index (χ2v) is 10.3. The first-order chi connectivity index (χ1) is 18.3. The van der Waals surface area contributed by atoms with Crippen molar-refractivity contribution in [1.29, 1.82) is 0 Å². The van der Waals surface area contributed by atoms with Crippen molar-refractivity contribution >= 4 is 53.6 Å². The Balaban J connectivity index is 1.46. The Morgan fingerprint density at radius 1 is 1.32 bits per heavy atom. The quantitative estimate of drug-likeness (QED) is 0.122. The Labute approximate surface area is 225 Å². The minimum absolute atomic E-state index is 0.0482. The number of rotatable bonds is 12. The number of nitrogens with zero attached hydrogens (tertiary/aromatic N) is 6. The molecule has 1 N–H and O–H groups in total. The number of aromatic nitrogens is 5. The summed E-state index contributed by atoms with van der Waals surface area (Å²) in [6, 6.07) is 2.36. The SMILES string of the molecule is CCCC(=O)OCOC(=O)C1=C(CSc2nnnn2C)CSC2C(NC(=O)Cn3cccc3C=O)C(=O)N12. The van der Waals surface area contributed by atoms with E-state index < -0.39 is 42.0 Å². The molecule has 0 bridgehead atoms. The number of carbonyl (C=O) groups excluding carboxylic acids is 5. The van der Waals surface area contributed by atoms with Crippen molar-refractivity contribution in [2.45, 2.75) is 42.9 Å².